The molecule has 5 nitrogen and oxygen atoms in total. The van der Waals surface area contributed by atoms with Gasteiger partial charge in [-0.3, -0.25) is 4.99 Å². The summed E-state index contributed by atoms with van der Waals surface area (Å²) in [5.74, 6) is 1.81. The highest BCUT2D eigenvalue weighted by molar-refractivity contribution is 5.79. The SMILES string of the molecule is CN=C(NCc1cccc(OC)c1OC)NCC(C)(C)c1cccc(F)c1. The van der Waals surface area contributed by atoms with Gasteiger partial charge >= 0.3 is 0 Å². The fourth-order valence-corrected chi connectivity index (χ4v) is 2.81. The number of hydrogen-bond donors (Lipinski definition) is 2. The molecule has 0 saturated carbocycles. The van der Waals surface area contributed by atoms with E-state index in [0.29, 0.717) is 30.5 Å². The zero-order chi connectivity index (χ0) is 19.9. The van der Waals surface area contributed by atoms with Crippen LogP contribution in [0.3, 0.4) is 0 Å². The second-order valence-electron chi connectivity index (χ2n) is 6.83. The summed E-state index contributed by atoms with van der Waals surface area (Å²) in [5, 5.41) is 6.58. The third-order valence-corrected chi connectivity index (χ3v) is 4.46. The van der Waals surface area contributed by atoms with Crippen LogP contribution in [0.15, 0.2) is 47.5 Å². The number of halogens is 1. The van der Waals surface area contributed by atoms with E-state index in [1.54, 1.807) is 33.4 Å². The van der Waals surface area contributed by atoms with E-state index < -0.39 is 0 Å². The lowest BCUT2D eigenvalue weighted by Crippen LogP contribution is -2.43. The molecule has 27 heavy (non-hydrogen) atoms. The third-order valence-electron chi connectivity index (χ3n) is 4.46. The molecule has 0 bridgehead atoms. The molecule has 0 unspecified atom stereocenters. The Morgan fingerprint density at radius 2 is 1.81 bits per heavy atom. The number of para-hydroxylation sites is 1. The maximum absolute atomic E-state index is 13.5. The van der Waals surface area contributed by atoms with Gasteiger partial charge in [0.2, 0.25) is 0 Å². The predicted octanol–water partition coefficient (Wildman–Crippen LogP) is 3.49. The highest BCUT2D eigenvalue weighted by Gasteiger charge is 2.21. The number of guanidine groups is 1. The molecule has 0 saturated heterocycles. The van der Waals surface area contributed by atoms with E-state index in [9.17, 15) is 4.39 Å². The van der Waals surface area contributed by atoms with Crippen LogP contribution in [0.1, 0.15) is 25.0 Å². The quantitative estimate of drug-likeness (QED) is 0.576. The molecular formula is C21H28FN3O2. The average molecular weight is 373 g/mol. The maximum atomic E-state index is 13.5. The van der Waals surface area contributed by atoms with Crippen molar-refractivity contribution in [3.63, 3.8) is 0 Å². The Hall–Kier alpha value is -2.76. The molecule has 2 N–H and O–H groups in total. The van der Waals surface area contributed by atoms with Gasteiger partial charge in [0, 0.05) is 31.1 Å². The highest BCUT2D eigenvalue weighted by atomic mass is 19.1. The van der Waals surface area contributed by atoms with Gasteiger partial charge in [-0.1, -0.05) is 38.1 Å². The fourth-order valence-electron chi connectivity index (χ4n) is 2.81. The number of benzene rings is 2. The molecule has 2 rings (SSSR count). The summed E-state index contributed by atoms with van der Waals surface area (Å²) in [5.41, 5.74) is 1.64. The van der Waals surface area contributed by atoms with E-state index in [-0.39, 0.29) is 11.2 Å². The van der Waals surface area contributed by atoms with Crippen LogP contribution in [-0.2, 0) is 12.0 Å². The van der Waals surface area contributed by atoms with Crippen molar-refractivity contribution in [1.82, 2.24) is 10.6 Å². The first-order chi connectivity index (χ1) is 12.9. The summed E-state index contributed by atoms with van der Waals surface area (Å²) in [6.07, 6.45) is 0. The van der Waals surface area contributed by atoms with E-state index in [4.69, 9.17) is 9.47 Å². The van der Waals surface area contributed by atoms with Gasteiger partial charge in [-0.05, 0) is 23.8 Å². The molecule has 0 aliphatic carbocycles. The minimum atomic E-state index is -0.257. The molecule has 0 radical (unpaired) electrons. The Morgan fingerprint density at radius 1 is 1.07 bits per heavy atom. The van der Waals surface area contributed by atoms with Crippen molar-refractivity contribution in [2.24, 2.45) is 4.99 Å². The van der Waals surface area contributed by atoms with Crippen LogP contribution in [0.2, 0.25) is 0 Å². The molecule has 2 aromatic rings. The summed E-state index contributed by atoms with van der Waals surface area (Å²) < 4.78 is 24.3. The number of rotatable bonds is 7. The van der Waals surface area contributed by atoms with E-state index >= 15 is 0 Å². The smallest absolute Gasteiger partial charge is 0.191 e. The predicted molar refractivity (Wildman–Crippen MR) is 107 cm³/mol. The van der Waals surface area contributed by atoms with Crippen LogP contribution < -0.4 is 20.1 Å². The number of hydrogen-bond acceptors (Lipinski definition) is 3. The number of nitrogens with one attached hydrogen (secondary N) is 2. The zero-order valence-electron chi connectivity index (χ0n) is 16.6. The molecular weight excluding hydrogens is 345 g/mol. The van der Waals surface area contributed by atoms with Crippen molar-refractivity contribution in [3.05, 3.63) is 59.4 Å². The molecule has 0 fully saturated rings. The summed E-state index contributed by atoms with van der Waals surface area (Å²) >= 11 is 0. The maximum Gasteiger partial charge on any atom is 0.191 e. The molecule has 0 atom stereocenters. The number of methoxy groups -OCH3 is 2. The summed E-state index contributed by atoms with van der Waals surface area (Å²) in [4.78, 5) is 4.26. The van der Waals surface area contributed by atoms with E-state index in [0.717, 1.165) is 11.1 Å². The van der Waals surface area contributed by atoms with Gasteiger partial charge < -0.3 is 20.1 Å². The highest BCUT2D eigenvalue weighted by Crippen LogP contribution is 2.30. The van der Waals surface area contributed by atoms with Gasteiger partial charge in [-0.15, -0.1) is 0 Å². The van der Waals surface area contributed by atoms with E-state index in [1.807, 2.05) is 24.3 Å². The normalized spacial score (nSPS) is 11.9. The summed E-state index contributed by atoms with van der Waals surface area (Å²) in [6.45, 7) is 5.26. The van der Waals surface area contributed by atoms with Crippen LogP contribution >= 0.6 is 0 Å². The Morgan fingerprint density at radius 3 is 2.44 bits per heavy atom. The van der Waals surface area contributed by atoms with Crippen molar-refractivity contribution in [2.45, 2.75) is 25.8 Å². The second kappa shape index (κ2) is 9.26. The molecule has 146 valence electrons. The van der Waals surface area contributed by atoms with Crippen molar-refractivity contribution < 1.29 is 13.9 Å². The van der Waals surface area contributed by atoms with Gasteiger partial charge in [0.1, 0.15) is 5.82 Å². The van der Waals surface area contributed by atoms with E-state index in [1.165, 1.54) is 6.07 Å². The number of ether oxygens (including phenoxy) is 2. The number of nitrogens with zero attached hydrogens (tertiary/aromatic N) is 1. The first-order valence-corrected chi connectivity index (χ1v) is 8.81. The van der Waals surface area contributed by atoms with Gasteiger partial charge in [0.25, 0.3) is 0 Å². The lowest BCUT2D eigenvalue weighted by molar-refractivity contribution is 0.351. The minimum Gasteiger partial charge on any atom is -0.493 e. The van der Waals surface area contributed by atoms with E-state index in [2.05, 4.69) is 29.5 Å². The van der Waals surface area contributed by atoms with Gasteiger partial charge in [0.15, 0.2) is 17.5 Å². The molecule has 0 heterocycles. The first kappa shape index (κ1) is 20.6. The minimum absolute atomic E-state index is 0.229. The first-order valence-electron chi connectivity index (χ1n) is 8.81. The molecule has 2 aromatic carbocycles. The Labute approximate surface area is 160 Å². The van der Waals surface area contributed by atoms with Crippen LogP contribution in [0.5, 0.6) is 11.5 Å². The van der Waals surface area contributed by atoms with Crippen LogP contribution in [0, 0.1) is 5.82 Å². The van der Waals surface area contributed by atoms with Crippen molar-refractivity contribution >= 4 is 5.96 Å². The lowest BCUT2D eigenvalue weighted by atomic mass is 9.84. The Bertz CT molecular complexity index is 791. The molecule has 6 heteroatoms. The number of aliphatic imine (C=N–C) groups is 1. The van der Waals surface area contributed by atoms with Gasteiger partial charge in [-0.2, -0.15) is 0 Å². The summed E-state index contributed by atoms with van der Waals surface area (Å²) in [7, 11) is 4.95. The lowest BCUT2D eigenvalue weighted by Gasteiger charge is -2.27. The van der Waals surface area contributed by atoms with Crippen molar-refractivity contribution in [2.75, 3.05) is 27.8 Å². The second-order valence-corrected chi connectivity index (χ2v) is 6.83. The Balaban J connectivity index is 2.01. The molecule has 0 aliphatic heterocycles. The van der Waals surface area contributed by atoms with Crippen molar-refractivity contribution in [3.8, 4) is 11.5 Å². The largest absolute Gasteiger partial charge is 0.493 e. The molecule has 0 spiro atoms. The van der Waals surface area contributed by atoms with Crippen LogP contribution in [0.25, 0.3) is 0 Å². The molecule has 0 aromatic heterocycles. The fraction of sp³-hybridized carbons (Fsp3) is 0.381. The third kappa shape index (κ3) is 5.36. The van der Waals surface area contributed by atoms with Gasteiger partial charge in [0.05, 0.1) is 14.2 Å². The Kier molecular flexibility index (Phi) is 7.05. The standard InChI is InChI=1S/C21H28FN3O2/c1-21(2,16-9-7-10-17(22)12-16)14-25-20(23-3)24-13-15-8-6-11-18(26-4)19(15)27-5/h6-12H,13-14H2,1-5H3,(H2,23,24,25). The topological polar surface area (TPSA) is 54.9 Å². The average Bonchev–Trinajstić information content (AvgIpc) is 2.67. The van der Waals surface area contributed by atoms with Gasteiger partial charge in [-0.25, -0.2) is 4.39 Å². The zero-order valence-corrected chi connectivity index (χ0v) is 16.6. The van der Waals surface area contributed by atoms with Crippen LogP contribution in [0.4, 0.5) is 4.39 Å². The van der Waals surface area contributed by atoms with Crippen molar-refractivity contribution in [1.29, 1.82) is 0 Å². The molecule has 0 aliphatic rings. The molecule has 0 amide bonds. The van der Waals surface area contributed by atoms with Crippen LogP contribution in [-0.4, -0.2) is 33.8 Å². The monoisotopic (exact) mass is 373 g/mol. The summed E-state index contributed by atoms with van der Waals surface area (Å²) in [6, 6.07) is 12.4.